The number of aliphatic hydroxyl groups excluding tert-OH is 1. The van der Waals surface area contributed by atoms with E-state index in [1.54, 1.807) is 0 Å². The van der Waals surface area contributed by atoms with Gasteiger partial charge in [-0.25, -0.2) is 0 Å². The third-order valence-electron chi connectivity index (χ3n) is 2.96. The molecule has 1 aliphatic carbocycles. The molecular formula is C12H18BrNO2S. The molecule has 1 heterocycles. The first-order chi connectivity index (χ1) is 8.31. The highest BCUT2D eigenvalue weighted by molar-refractivity contribution is 9.11. The van der Waals surface area contributed by atoms with Crippen LogP contribution in [0, 0.1) is 0 Å². The summed E-state index contributed by atoms with van der Waals surface area (Å²) in [5.41, 5.74) is 1.45. The fraction of sp³-hybridized carbons (Fsp3) is 0.667. The summed E-state index contributed by atoms with van der Waals surface area (Å²) in [6.45, 7) is 2.04. The van der Waals surface area contributed by atoms with Crippen molar-refractivity contribution in [2.24, 2.45) is 0 Å². The molecule has 1 aliphatic rings. The van der Waals surface area contributed by atoms with Crippen LogP contribution in [0.1, 0.15) is 29.3 Å². The Morgan fingerprint density at radius 3 is 3.24 bits per heavy atom. The molecule has 0 bridgehead atoms. The fourth-order valence-corrected chi connectivity index (χ4v) is 4.02. The fourth-order valence-electron chi connectivity index (χ4n) is 2.21. The van der Waals surface area contributed by atoms with Crippen LogP contribution in [0.2, 0.25) is 0 Å². The number of aryl methyl sites for hydroxylation is 1. The van der Waals surface area contributed by atoms with E-state index in [2.05, 4.69) is 27.3 Å². The van der Waals surface area contributed by atoms with E-state index >= 15 is 0 Å². The molecule has 0 saturated carbocycles. The molecule has 0 saturated heterocycles. The van der Waals surface area contributed by atoms with E-state index in [-0.39, 0.29) is 6.61 Å². The molecule has 0 radical (unpaired) electrons. The van der Waals surface area contributed by atoms with Crippen molar-refractivity contribution in [3.8, 4) is 0 Å². The summed E-state index contributed by atoms with van der Waals surface area (Å²) in [5.74, 6) is 0. The minimum absolute atomic E-state index is 0.102. The largest absolute Gasteiger partial charge is 0.394 e. The molecule has 1 aromatic heterocycles. The van der Waals surface area contributed by atoms with Crippen LogP contribution in [0.4, 0.5) is 0 Å². The second-order valence-electron chi connectivity index (χ2n) is 4.16. The molecule has 5 heteroatoms. The molecule has 1 atom stereocenters. The topological polar surface area (TPSA) is 41.5 Å². The van der Waals surface area contributed by atoms with Crippen molar-refractivity contribution in [3.05, 3.63) is 20.3 Å². The molecule has 17 heavy (non-hydrogen) atoms. The van der Waals surface area contributed by atoms with E-state index in [0.717, 1.165) is 6.54 Å². The number of fused-ring (bicyclic) bond motifs is 1. The first-order valence-corrected chi connectivity index (χ1v) is 7.62. The molecule has 0 aromatic carbocycles. The third kappa shape index (κ3) is 3.76. The number of nitrogens with one attached hydrogen (secondary N) is 1. The predicted octanol–water partition coefficient (Wildman–Crippen LogP) is 2.49. The van der Waals surface area contributed by atoms with Gasteiger partial charge < -0.3 is 15.2 Å². The number of rotatable bonds is 6. The van der Waals surface area contributed by atoms with Crippen LogP contribution in [0.15, 0.2) is 9.85 Å². The molecule has 2 N–H and O–H groups in total. The number of hydrogen-bond donors (Lipinski definition) is 2. The normalized spacial score (nSPS) is 19.3. The molecule has 96 valence electrons. The van der Waals surface area contributed by atoms with Gasteiger partial charge in [0.15, 0.2) is 0 Å². The van der Waals surface area contributed by atoms with Crippen LogP contribution in [-0.4, -0.2) is 31.5 Å². The SMILES string of the molecule is OCCOCCNC1CCCc2sc(Br)cc21. The first kappa shape index (κ1) is 13.5. The zero-order valence-electron chi connectivity index (χ0n) is 9.75. The number of hydrogen-bond acceptors (Lipinski definition) is 4. The van der Waals surface area contributed by atoms with Gasteiger partial charge in [-0.3, -0.25) is 0 Å². The van der Waals surface area contributed by atoms with E-state index in [1.165, 1.54) is 33.5 Å². The minimum Gasteiger partial charge on any atom is -0.394 e. The van der Waals surface area contributed by atoms with E-state index in [9.17, 15) is 0 Å². The van der Waals surface area contributed by atoms with E-state index in [0.29, 0.717) is 19.3 Å². The maximum Gasteiger partial charge on any atom is 0.0704 e. The average molecular weight is 320 g/mol. The molecule has 1 aromatic rings. The van der Waals surface area contributed by atoms with Crippen molar-refractivity contribution in [3.63, 3.8) is 0 Å². The zero-order chi connectivity index (χ0) is 12.1. The van der Waals surface area contributed by atoms with Crippen molar-refractivity contribution in [2.45, 2.75) is 25.3 Å². The smallest absolute Gasteiger partial charge is 0.0704 e. The zero-order valence-corrected chi connectivity index (χ0v) is 12.1. The Balaban J connectivity index is 1.82. The van der Waals surface area contributed by atoms with Crippen molar-refractivity contribution < 1.29 is 9.84 Å². The standard InChI is InChI=1S/C12H18BrNO2S/c13-12-8-9-10(2-1-3-11(9)17-12)14-4-6-16-7-5-15/h8,10,14-15H,1-7H2. The molecule has 0 fully saturated rings. The third-order valence-corrected chi connectivity index (χ3v) is 4.67. The van der Waals surface area contributed by atoms with Gasteiger partial charge in [0, 0.05) is 17.5 Å². The Morgan fingerprint density at radius 1 is 1.53 bits per heavy atom. The highest BCUT2D eigenvalue weighted by atomic mass is 79.9. The lowest BCUT2D eigenvalue weighted by atomic mass is 9.94. The van der Waals surface area contributed by atoms with E-state index in [4.69, 9.17) is 9.84 Å². The highest BCUT2D eigenvalue weighted by Crippen LogP contribution is 2.37. The molecular weight excluding hydrogens is 302 g/mol. The van der Waals surface area contributed by atoms with Crippen LogP contribution >= 0.6 is 27.3 Å². The summed E-state index contributed by atoms with van der Waals surface area (Å²) in [4.78, 5) is 1.51. The summed E-state index contributed by atoms with van der Waals surface area (Å²) in [5, 5.41) is 12.1. The van der Waals surface area contributed by atoms with Gasteiger partial charge >= 0.3 is 0 Å². The number of aliphatic hydroxyl groups is 1. The Morgan fingerprint density at radius 2 is 2.41 bits per heavy atom. The predicted molar refractivity (Wildman–Crippen MR) is 73.6 cm³/mol. The van der Waals surface area contributed by atoms with Gasteiger partial charge in [0.25, 0.3) is 0 Å². The summed E-state index contributed by atoms with van der Waals surface area (Å²) < 4.78 is 6.48. The Bertz CT molecular complexity index is 356. The maximum atomic E-state index is 8.60. The summed E-state index contributed by atoms with van der Waals surface area (Å²) in [6.07, 6.45) is 3.68. The molecule has 1 unspecified atom stereocenters. The minimum atomic E-state index is 0.102. The van der Waals surface area contributed by atoms with Gasteiger partial charge in [-0.15, -0.1) is 11.3 Å². The number of halogens is 1. The van der Waals surface area contributed by atoms with Crippen LogP contribution in [0.5, 0.6) is 0 Å². The van der Waals surface area contributed by atoms with Gasteiger partial charge in [-0.1, -0.05) is 0 Å². The Kier molecular flexibility index (Phi) is 5.44. The number of thiophene rings is 1. The monoisotopic (exact) mass is 319 g/mol. The van der Waals surface area contributed by atoms with Crippen molar-refractivity contribution in [2.75, 3.05) is 26.4 Å². The maximum absolute atomic E-state index is 8.60. The van der Waals surface area contributed by atoms with Crippen LogP contribution in [0.25, 0.3) is 0 Å². The van der Waals surface area contributed by atoms with Crippen LogP contribution in [0.3, 0.4) is 0 Å². The Labute approximate surface area is 114 Å². The molecule has 0 spiro atoms. The summed E-state index contributed by atoms with van der Waals surface area (Å²) >= 11 is 5.41. The van der Waals surface area contributed by atoms with Gasteiger partial charge in [0.2, 0.25) is 0 Å². The van der Waals surface area contributed by atoms with Gasteiger partial charge in [0.1, 0.15) is 0 Å². The Hall–Kier alpha value is 0.0600. The highest BCUT2D eigenvalue weighted by Gasteiger charge is 2.21. The lowest BCUT2D eigenvalue weighted by Gasteiger charge is -2.23. The first-order valence-electron chi connectivity index (χ1n) is 6.01. The molecule has 3 nitrogen and oxygen atoms in total. The van der Waals surface area contributed by atoms with Crippen molar-refractivity contribution in [1.82, 2.24) is 5.32 Å². The van der Waals surface area contributed by atoms with Crippen molar-refractivity contribution >= 4 is 27.3 Å². The molecule has 0 aliphatic heterocycles. The van der Waals surface area contributed by atoms with Crippen LogP contribution in [-0.2, 0) is 11.2 Å². The lowest BCUT2D eigenvalue weighted by molar-refractivity contribution is 0.0922. The summed E-state index contributed by atoms with van der Waals surface area (Å²) in [6, 6.07) is 2.71. The van der Waals surface area contributed by atoms with E-state index in [1.807, 2.05) is 11.3 Å². The second kappa shape index (κ2) is 6.85. The van der Waals surface area contributed by atoms with Gasteiger partial charge in [-0.05, 0) is 46.8 Å². The van der Waals surface area contributed by atoms with Gasteiger partial charge in [0.05, 0.1) is 23.6 Å². The number of ether oxygens (including phenoxy) is 1. The lowest BCUT2D eigenvalue weighted by Crippen LogP contribution is -2.27. The van der Waals surface area contributed by atoms with Crippen molar-refractivity contribution in [1.29, 1.82) is 0 Å². The molecule has 0 amide bonds. The second-order valence-corrected chi connectivity index (χ2v) is 6.68. The summed E-state index contributed by atoms with van der Waals surface area (Å²) in [7, 11) is 0. The quantitative estimate of drug-likeness (QED) is 0.791. The van der Waals surface area contributed by atoms with Crippen LogP contribution < -0.4 is 5.32 Å². The van der Waals surface area contributed by atoms with E-state index < -0.39 is 0 Å². The molecule has 2 rings (SSSR count). The van der Waals surface area contributed by atoms with Gasteiger partial charge in [-0.2, -0.15) is 0 Å². The average Bonchev–Trinajstić information content (AvgIpc) is 2.70.